The molecule has 0 unspecified atom stereocenters. The molecule has 1 aromatic heterocycles. The maximum absolute atomic E-state index is 6.02. The second-order valence-electron chi connectivity index (χ2n) is 3.81. The molecule has 0 saturated carbocycles. The van der Waals surface area contributed by atoms with Gasteiger partial charge in [-0.2, -0.15) is 5.10 Å². The Morgan fingerprint density at radius 3 is 2.82 bits per heavy atom. The van der Waals surface area contributed by atoms with E-state index < -0.39 is 0 Å². The zero-order valence-electron chi connectivity index (χ0n) is 9.67. The van der Waals surface area contributed by atoms with Crippen LogP contribution in [0.15, 0.2) is 22.7 Å². The van der Waals surface area contributed by atoms with Gasteiger partial charge in [0.05, 0.1) is 5.69 Å². The maximum atomic E-state index is 6.02. The van der Waals surface area contributed by atoms with E-state index in [9.17, 15) is 0 Å². The summed E-state index contributed by atoms with van der Waals surface area (Å²) < 4.78 is 2.66. The van der Waals surface area contributed by atoms with E-state index in [2.05, 4.69) is 28.0 Å². The van der Waals surface area contributed by atoms with Crippen molar-refractivity contribution in [1.29, 1.82) is 0 Å². The third-order valence-electron chi connectivity index (χ3n) is 2.73. The molecule has 1 aromatic carbocycles. The van der Waals surface area contributed by atoms with Crippen molar-refractivity contribution in [2.24, 2.45) is 7.05 Å². The molecule has 2 rings (SSSR count). The lowest BCUT2D eigenvalue weighted by molar-refractivity contribution is 0.781. The van der Waals surface area contributed by atoms with Gasteiger partial charge >= 0.3 is 0 Å². The lowest BCUT2D eigenvalue weighted by Gasteiger charge is -2.04. The van der Waals surface area contributed by atoms with E-state index in [0.717, 1.165) is 27.7 Å². The number of nitrogen functional groups attached to an aromatic ring is 1. The second kappa shape index (κ2) is 4.70. The van der Waals surface area contributed by atoms with Crippen LogP contribution in [-0.2, 0) is 13.5 Å². The normalized spacial score (nSPS) is 10.8. The average Bonchev–Trinajstić information content (AvgIpc) is 2.58. The summed E-state index contributed by atoms with van der Waals surface area (Å²) in [7, 11) is 1.84. The smallest absolute Gasteiger partial charge is 0.125 e. The average molecular weight is 315 g/mol. The lowest BCUT2D eigenvalue weighted by atomic mass is 10.1. The number of hydrogen-bond donors (Lipinski definition) is 1. The summed E-state index contributed by atoms with van der Waals surface area (Å²) in [6.45, 7) is 2.06. The number of benzene rings is 1. The van der Waals surface area contributed by atoms with Gasteiger partial charge < -0.3 is 5.73 Å². The minimum atomic E-state index is 0.689. The second-order valence-corrected chi connectivity index (χ2v) is 5.10. The molecule has 2 aromatic rings. The number of nitrogens with two attached hydrogens (primary N) is 1. The molecule has 0 bridgehead atoms. The summed E-state index contributed by atoms with van der Waals surface area (Å²) in [6.07, 6.45) is 0.841. The first kappa shape index (κ1) is 12.5. The van der Waals surface area contributed by atoms with Crippen LogP contribution >= 0.6 is 27.5 Å². The van der Waals surface area contributed by atoms with Crippen molar-refractivity contribution >= 4 is 33.3 Å². The van der Waals surface area contributed by atoms with Crippen molar-refractivity contribution in [2.45, 2.75) is 13.3 Å². The highest BCUT2D eigenvalue weighted by atomic mass is 79.9. The van der Waals surface area contributed by atoms with Gasteiger partial charge in [0.15, 0.2) is 0 Å². The summed E-state index contributed by atoms with van der Waals surface area (Å²) in [5.41, 5.74) is 8.91. The maximum Gasteiger partial charge on any atom is 0.125 e. The Labute approximate surface area is 114 Å². The quantitative estimate of drug-likeness (QED) is 0.919. The molecule has 0 saturated heterocycles. The van der Waals surface area contributed by atoms with Gasteiger partial charge in [-0.3, -0.25) is 4.68 Å². The molecule has 90 valence electrons. The van der Waals surface area contributed by atoms with Crippen molar-refractivity contribution in [2.75, 3.05) is 5.73 Å². The predicted molar refractivity (Wildman–Crippen MR) is 75.1 cm³/mol. The van der Waals surface area contributed by atoms with Gasteiger partial charge in [-0.15, -0.1) is 0 Å². The van der Waals surface area contributed by atoms with Crippen molar-refractivity contribution in [3.63, 3.8) is 0 Å². The fraction of sp³-hybridized carbons (Fsp3) is 0.250. The molecule has 0 aliphatic rings. The van der Waals surface area contributed by atoms with E-state index >= 15 is 0 Å². The van der Waals surface area contributed by atoms with E-state index in [4.69, 9.17) is 17.3 Å². The van der Waals surface area contributed by atoms with E-state index in [1.54, 1.807) is 4.68 Å². The number of anilines is 1. The minimum Gasteiger partial charge on any atom is -0.384 e. The van der Waals surface area contributed by atoms with Crippen LogP contribution in [0.2, 0.25) is 5.02 Å². The van der Waals surface area contributed by atoms with Gasteiger partial charge in [-0.25, -0.2) is 0 Å². The molecule has 0 amide bonds. The van der Waals surface area contributed by atoms with Crippen LogP contribution in [0.4, 0.5) is 5.82 Å². The van der Waals surface area contributed by atoms with Gasteiger partial charge in [0.1, 0.15) is 5.82 Å². The Hall–Kier alpha value is -1.00. The van der Waals surface area contributed by atoms with Crippen LogP contribution in [0.1, 0.15) is 12.5 Å². The third kappa shape index (κ3) is 2.19. The number of hydrogen-bond acceptors (Lipinski definition) is 2. The van der Waals surface area contributed by atoms with Crippen LogP contribution in [0.5, 0.6) is 0 Å². The molecule has 2 N–H and O–H groups in total. The molecular weight excluding hydrogens is 302 g/mol. The standard InChI is InChI=1S/C12H13BrClN3/c1-3-8-11(16-17(2)12(8)15)9-6-7(14)4-5-10(9)13/h4-6H,3,15H2,1-2H3. The zero-order chi connectivity index (χ0) is 12.6. The van der Waals surface area contributed by atoms with Gasteiger partial charge in [0.2, 0.25) is 0 Å². The highest BCUT2D eigenvalue weighted by Crippen LogP contribution is 2.34. The molecule has 0 atom stereocenters. The summed E-state index contributed by atoms with van der Waals surface area (Å²) in [5, 5.41) is 5.15. The van der Waals surface area contributed by atoms with Crippen LogP contribution in [0.3, 0.4) is 0 Å². The number of aryl methyl sites for hydroxylation is 1. The fourth-order valence-corrected chi connectivity index (χ4v) is 2.43. The van der Waals surface area contributed by atoms with Gasteiger partial charge in [-0.05, 0) is 24.6 Å². The molecule has 17 heavy (non-hydrogen) atoms. The predicted octanol–water partition coefficient (Wildman–Crippen LogP) is 3.65. The molecule has 0 aliphatic carbocycles. The van der Waals surface area contributed by atoms with Crippen LogP contribution < -0.4 is 5.73 Å². The van der Waals surface area contributed by atoms with E-state index in [0.29, 0.717) is 10.8 Å². The molecule has 3 nitrogen and oxygen atoms in total. The zero-order valence-corrected chi connectivity index (χ0v) is 12.0. The number of halogens is 2. The lowest BCUT2D eigenvalue weighted by Crippen LogP contribution is -1.98. The summed E-state index contributed by atoms with van der Waals surface area (Å²) in [4.78, 5) is 0. The van der Waals surface area contributed by atoms with E-state index in [-0.39, 0.29) is 0 Å². The van der Waals surface area contributed by atoms with Crippen LogP contribution in [0.25, 0.3) is 11.3 Å². The molecule has 0 spiro atoms. The Kier molecular flexibility index (Phi) is 3.45. The van der Waals surface area contributed by atoms with Gasteiger partial charge in [-0.1, -0.05) is 34.5 Å². The van der Waals surface area contributed by atoms with Crippen LogP contribution in [0, 0.1) is 0 Å². The first-order valence-corrected chi connectivity index (χ1v) is 6.48. The van der Waals surface area contributed by atoms with E-state index in [1.807, 2.05) is 25.2 Å². The highest BCUT2D eigenvalue weighted by Gasteiger charge is 2.16. The number of nitrogens with zero attached hydrogens (tertiary/aromatic N) is 2. The van der Waals surface area contributed by atoms with Gasteiger partial charge in [0, 0.05) is 27.7 Å². The van der Waals surface area contributed by atoms with Crippen molar-refractivity contribution in [3.8, 4) is 11.3 Å². The summed E-state index contributed by atoms with van der Waals surface area (Å²) >= 11 is 9.54. The molecule has 5 heteroatoms. The highest BCUT2D eigenvalue weighted by molar-refractivity contribution is 9.10. The van der Waals surface area contributed by atoms with Gasteiger partial charge in [0.25, 0.3) is 0 Å². The minimum absolute atomic E-state index is 0.689. The largest absolute Gasteiger partial charge is 0.384 e. The Balaban J connectivity index is 2.68. The summed E-state index contributed by atoms with van der Waals surface area (Å²) in [5.74, 6) is 0.703. The fourth-order valence-electron chi connectivity index (χ4n) is 1.82. The SMILES string of the molecule is CCc1c(-c2cc(Cl)ccc2Br)nn(C)c1N. The number of rotatable bonds is 2. The first-order chi connectivity index (χ1) is 8.04. The topological polar surface area (TPSA) is 43.8 Å². The van der Waals surface area contributed by atoms with Crippen molar-refractivity contribution in [1.82, 2.24) is 9.78 Å². The third-order valence-corrected chi connectivity index (χ3v) is 3.66. The Morgan fingerprint density at radius 2 is 2.18 bits per heavy atom. The monoisotopic (exact) mass is 313 g/mol. The Bertz CT molecular complexity index is 563. The van der Waals surface area contributed by atoms with Crippen LogP contribution in [-0.4, -0.2) is 9.78 Å². The molecule has 0 aliphatic heterocycles. The first-order valence-electron chi connectivity index (χ1n) is 5.31. The Morgan fingerprint density at radius 1 is 1.47 bits per heavy atom. The molecular formula is C12H13BrClN3. The molecule has 0 radical (unpaired) electrons. The summed E-state index contributed by atoms with van der Waals surface area (Å²) in [6, 6.07) is 5.65. The molecule has 1 heterocycles. The number of aromatic nitrogens is 2. The molecule has 0 fully saturated rings. The van der Waals surface area contributed by atoms with E-state index in [1.165, 1.54) is 0 Å². The van der Waals surface area contributed by atoms with Crippen molar-refractivity contribution < 1.29 is 0 Å². The van der Waals surface area contributed by atoms with Crippen molar-refractivity contribution in [3.05, 3.63) is 33.3 Å².